The molecule has 0 fully saturated rings. The monoisotopic (exact) mass is 366 g/mol. The second kappa shape index (κ2) is 5.33. The molecule has 15 heteroatoms. The number of hydrogen-bond donors (Lipinski definition) is 0. The van der Waals surface area contributed by atoms with Crippen molar-refractivity contribution in [1.82, 2.24) is 0 Å². The van der Waals surface area contributed by atoms with Crippen molar-refractivity contribution in [1.29, 1.82) is 0 Å². The standard InChI is InChI=1S/C7F14O/c8-1(9)2(10)22-4(12,7(19,20)21)3(11,5(13,14)15)6(16,17)18. The van der Waals surface area contributed by atoms with Crippen LogP contribution in [0.4, 0.5) is 61.5 Å². The lowest BCUT2D eigenvalue weighted by atomic mass is 9.93. The zero-order valence-corrected chi connectivity index (χ0v) is 9.20. The Morgan fingerprint density at radius 1 is 0.545 bits per heavy atom. The molecule has 0 aromatic rings. The second-order valence-electron chi connectivity index (χ2n) is 3.38. The first kappa shape index (κ1) is 20.6. The molecule has 0 aromatic carbocycles. The Bertz CT molecular complexity index is 422. The van der Waals surface area contributed by atoms with Gasteiger partial charge in [0.05, 0.1) is 0 Å². The molecule has 1 nitrogen and oxygen atoms in total. The minimum Gasteiger partial charge on any atom is -0.418 e. The van der Waals surface area contributed by atoms with Crippen LogP contribution in [0.5, 0.6) is 0 Å². The van der Waals surface area contributed by atoms with Crippen molar-refractivity contribution in [2.24, 2.45) is 0 Å². The van der Waals surface area contributed by atoms with Gasteiger partial charge in [-0.05, 0) is 0 Å². The van der Waals surface area contributed by atoms with E-state index in [1.165, 1.54) is 0 Å². The maximum atomic E-state index is 13.2. The summed E-state index contributed by atoms with van der Waals surface area (Å²) < 4.78 is 172. The highest BCUT2D eigenvalue weighted by molar-refractivity contribution is 5.10. The third kappa shape index (κ3) is 3.02. The van der Waals surface area contributed by atoms with Crippen molar-refractivity contribution in [3.8, 4) is 0 Å². The van der Waals surface area contributed by atoms with E-state index in [2.05, 4.69) is 0 Å². The molecular formula is C7F14O. The average Bonchev–Trinajstić information content (AvgIpc) is 2.22. The van der Waals surface area contributed by atoms with E-state index in [1.807, 2.05) is 0 Å². The lowest BCUT2D eigenvalue weighted by Gasteiger charge is -2.40. The molecular weight excluding hydrogens is 366 g/mol. The van der Waals surface area contributed by atoms with Crippen LogP contribution in [0.1, 0.15) is 0 Å². The molecule has 0 spiro atoms. The molecule has 0 aliphatic heterocycles. The van der Waals surface area contributed by atoms with Crippen LogP contribution < -0.4 is 0 Å². The normalized spacial score (nSPS) is 17.0. The van der Waals surface area contributed by atoms with E-state index in [0.717, 1.165) is 0 Å². The first-order valence-electron chi connectivity index (χ1n) is 4.30. The Kier molecular flexibility index (Phi) is 4.98. The van der Waals surface area contributed by atoms with Crippen molar-refractivity contribution in [2.75, 3.05) is 0 Å². The lowest BCUT2D eigenvalue weighted by Crippen LogP contribution is -2.72. The van der Waals surface area contributed by atoms with Gasteiger partial charge in [-0.3, -0.25) is 0 Å². The highest BCUT2D eigenvalue weighted by atomic mass is 19.4. The first-order valence-corrected chi connectivity index (χ1v) is 4.30. The summed E-state index contributed by atoms with van der Waals surface area (Å²) in [6.07, 6.45) is -27.0. The van der Waals surface area contributed by atoms with Crippen molar-refractivity contribution in [3.63, 3.8) is 0 Å². The molecule has 22 heavy (non-hydrogen) atoms. The van der Waals surface area contributed by atoms with Crippen LogP contribution >= 0.6 is 0 Å². The molecule has 0 aliphatic rings. The molecule has 1 atom stereocenters. The number of rotatable bonds is 3. The maximum absolute atomic E-state index is 13.2. The van der Waals surface area contributed by atoms with Crippen LogP contribution in [0.3, 0.4) is 0 Å². The summed E-state index contributed by atoms with van der Waals surface area (Å²) in [5.74, 6) is -7.57. The van der Waals surface area contributed by atoms with Gasteiger partial charge in [0.1, 0.15) is 0 Å². The Balaban J connectivity index is 6.59. The molecule has 132 valence electrons. The van der Waals surface area contributed by atoms with E-state index in [-0.39, 0.29) is 0 Å². The third-order valence-electron chi connectivity index (χ3n) is 1.97. The summed E-state index contributed by atoms with van der Waals surface area (Å²) in [5, 5.41) is 0. The van der Waals surface area contributed by atoms with Crippen molar-refractivity contribution < 1.29 is 66.2 Å². The second-order valence-corrected chi connectivity index (χ2v) is 3.38. The summed E-state index contributed by atoms with van der Waals surface area (Å²) >= 11 is 0. The summed E-state index contributed by atoms with van der Waals surface area (Å²) in [6, 6.07) is -4.12. The number of hydrogen-bond acceptors (Lipinski definition) is 1. The fourth-order valence-corrected chi connectivity index (χ4v) is 1.01. The Hall–Kier alpha value is -1.44. The minimum atomic E-state index is -7.89. The van der Waals surface area contributed by atoms with Gasteiger partial charge in [0.2, 0.25) is 0 Å². The van der Waals surface area contributed by atoms with Crippen LogP contribution in [-0.4, -0.2) is 30.1 Å². The van der Waals surface area contributed by atoms with Gasteiger partial charge >= 0.3 is 42.1 Å². The van der Waals surface area contributed by atoms with E-state index in [0.29, 0.717) is 0 Å². The van der Waals surface area contributed by atoms with E-state index in [9.17, 15) is 61.5 Å². The molecule has 0 aromatic heterocycles. The number of ether oxygens (including phenoxy) is 1. The van der Waals surface area contributed by atoms with Crippen LogP contribution in [0.2, 0.25) is 0 Å². The number of alkyl halides is 11. The van der Waals surface area contributed by atoms with Gasteiger partial charge in [-0.2, -0.15) is 57.1 Å². The average molecular weight is 366 g/mol. The van der Waals surface area contributed by atoms with E-state index >= 15 is 0 Å². The fourth-order valence-electron chi connectivity index (χ4n) is 1.01. The highest BCUT2D eigenvalue weighted by Gasteiger charge is 2.92. The predicted molar refractivity (Wildman–Crippen MR) is 37.3 cm³/mol. The van der Waals surface area contributed by atoms with Gasteiger partial charge in [0.15, 0.2) is 0 Å². The molecule has 1 unspecified atom stereocenters. The Morgan fingerprint density at radius 3 is 1.05 bits per heavy atom. The first-order chi connectivity index (χ1) is 9.33. The topological polar surface area (TPSA) is 9.23 Å². The summed E-state index contributed by atoms with van der Waals surface area (Å²) in [7, 11) is 0. The predicted octanol–water partition coefficient (Wildman–Crippen LogP) is 5.10. The van der Waals surface area contributed by atoms with E-state index in [4.69, 9.17) is 0 Å². The van der Waals surface area contributed by atoms with Crippen LogP contribution in [0, 0.1) is 0 Å². The van der Waals surface area contributed by atoms with Crippen LogP contribution in [0.15, 0.2) is 12.1 Å². The summed E-state index contributed by atoms with van der Waals surface area (Å²) in [6.45, 7) is 0. The maximum Gasteiger partial charge on any atom is 0.464 e. The molecule has 0 N–H and O–H groups in total. The fraction of sp³-hybridized carbons (Fsp3) is 0.714. The molecule has 0 bridgehead atoms. The van der Waals surface area contributed by atoms with Gasteiger partial charge < -0.3 is 4.74 Å². The smallest absolute Gasteiger partial charge is 0.418 e. The van der Waals surface area contributed by atoms with Crippen LogP contribution in [0.25, 0.3) is 0 Å². The quantitative estimate of drug-likeness (QED) is 0.499. The minimum absolute atomic E-state index is 1.74. The van der Waals surface area contributed by atoms with Gasteiger partial charge in [-0.25, -0.2) is 4.39 Å². The van der Waals surface area contributed by atoms with Gasteiger partial charge in [-0.15, -0.1) is 0 Å². The molecule has 0 rings (SSSR count). The van der Waals surface area contributed by atoms with Crippen molar-refractivity contribution >= 4 is 0 Å². The number of halogens is 14. The zero-order valence-electron chi connectivity index (χ0n) is 9.20. The SMILES string of the molecule is FC(F)=C(F)OC(F)(C(F)(F)F)C(F)(C(F)(F)F)C(F)(F)F. The molecule has 0 aliphatic carbocycles. The molecule has 0 saturated heterocycles. The summed E-state index contributed by atoms with van der Waals surface area (Å²) in [5.41, 5.74) is -7.89. The van der Waals surface area contributed by atoms with Gasteiger partial charge in [0.25, 0.3) is 0 Å². The lowest BCUT2D eigenvalue weighted by molar-refractivity contribution is -0.466. The van der Waals surface area contributed by atoms with E-state index < -0.39 is 42.1 Å². The molecule has 0 heterocycles. The molecule has 0 saturated carbocycles. The zero-order chi connectivity index (χ0) is 18.4. The Labute approximate surface area is 110 Å². The highest BCUT2D eigenvalue weighted by Crippen LogP contribution is 2.59. The van der Waals surface area contributed by atoms with Gasteiger partial charge in [0, 0.05) is 0 Å². The molecule has 0 radical (unpaired) electrons. The van der Waals surface area contributed by atoms with E-state index in [1.54, 1.807) is 4.74 Å². The third-order valence-corrected chi connectivity index (χ3v) is 1.97. The molecule has 0 amide bonds. The Morgan fingerprint density at radius 2 is 0.864 bits per heavy atom. The summed E-state index contributed by atoms with van der Waals surface area (Å²) in [4.78, 5) is 0. The van der Waals surface area contributed by atoms with Gasteiger partial charge in [-0.1, -0.05) is 0 Å². The largest absolute Gasteiger partial charge is 0.464 e. The van der Waals surface area contributed by atoms with Crippen LogP contribution in [-0.2, 0) is 4.74 Å². The van der Waals surface area contributed by atoms with Crippen molar-refractivity contribution in [3.05, 3.63) is 12.1 Å². The van der Waals surface area contributed by atoms with Crippen molar-refractivity contribution in [2.45, 2.75) is 30.1 Å².